The molecule has 0 radical (unpaired) electrons. The van der Waals surface area contributed by atoms with Crippen molar-refractivity contribution in [2.24, 2.45) is 7.05 Å². The van der Waals surface area contributed by atoms with Crippen LogP contribution in [0.4, 0.5) is 0 Å². The van der Waals surface area contributed by atoms with Crippen LogP contribution in [-0.2, 0) is 13.5 Å². The quantitative estimate of drug-likeness (QED) is 0.648. The van der Waals surface area contributed by atoms with Gasteiger partial charge < -0.3 is 4.74 Å². The van der Waals surface area contributed by atoms with E-state index in [1.54, 1.807) is 0 Å². The number of rotatable bonds is 5. The molecule has 0 bridgehead atoms. The lowest BCUT2D eigenvalue weighted by Crippen LogP contribution is -1.97. The van der Waals surface area contributed by atoms with Gasteiger partial charge in [-0.3, -0.25) is 9.67 Å². The average Bonchev–Trinajstić information content (AvgIpc) is 2.92. The molecule has 2 aromatic heterocycles. The molecule has 0 aliphatic rings. The van der Waals surface area contributed by atoms with Gasteiger partial charge in [0.25, 0.3) is 0 Å². The van der Waals surface area contributed by atoms with Gasteiger partial charge in [0, 0.05) is 24.0 Å². The van der Waals surface area contributed by atoms with Crippen molar-refractivity contribution in [1.82, 2.24) is 14.8 Å². The zero-order chi connectivity index (χ0) is 17.1. The first-order chi connectivity index (χ1) is 11.6. The molecular weight excluding hydrogens is 298 g/mol. The molecule has 0 unspecified atom stereocenters. The molecule has 0 N–H and O–H groups in total. The summed E-state index contributed by atoms with van der Waals surface area (Å²) in [5, 5.41) is 4.73. The fourth-order valence-electron chi connectivity index (χ4n) is 2.92. The van der Waals surface area contributed by atoms with Gasteiger partial charge in [0.15, 0.2) is 0 Å². The summed E-state index contributed by atoms with van der Waals surface area (Å²) in [6, 6.07) is 14.0. The van der Waals surface area contributed by atoms with Crippen LogP contribution in [0.1, 0.15) is 18.3 Å². The first-order valence-electron chi connectivity index (χ1n) is 8.02. The van der Waals surface area contributed by atoms with E-state index < -0.39 is 0 Å². The first-order valence-corrected chi connectivity index (χ1v) is 8.02. The van der Waals surface area contributed by atoms with Crippen LogP contribution >= 0.6 is 0 Å². The van der Waals surface area contributed by atoms with Crippen molar-refractivity contribution < 1.29 is 4.74 Å². The molecule has 0 amide bonds. The number of hydrogen-bond donors (Lipinski definition) is 0. The molecule has 0 fully saturated rings. The maximum Gasteiger partial charge on any atom is 0.126 e. The van der Waals surface area contributed by atoms with Gasteiger partial charge in [-0.05, 0) is 43.2 Å². The second-order valence-electron chi connectivity index (χ2n) is 5.62. The van der Waals surface area contributed by atoms with Gasteiger partial charge in [-0.1, -0.05) is 31.7 Å². The average molecular weight is 319 g/mol. The molecular formula is C20H21N3O. The number of hydrogen-bond acceptors (Lipinski definition) is 3. The minimum atomic E-state index is 0.769. The Hall–Kier alpha value is -2.88. The standard InChI is InChI=1S/C20H21N3O/c1-5-18-19(15-10-12-16(13-11-15)24-6-2)20(22-23(18)4)17-9-7-8-14(3)21-17/h6-13H,2,5H2,1,3-4H3. The topological polar surface area (TPSA) is 39.9 Å². The van der Waals surface area contributed by atoms with Crippen LogP contribution < -0.4 is 4.74 Å². The van der Waals surface area contributed by atoms with E-state index in [0.29, 0.717) is 0 Å². The Morgan fingerprint density at radius 2 is 1.92 bits per heavy atom. The van der Waals surface area contributed by atoms with Gasteiger partial charge in [-0.25, -0.2) is 0 Å². The molecule has 0 saturated heterocycles. The van der Waals surface area contributed by atoms with Crippen LogP contribution in [0.2, 0.25) is 0 Å². The molecule has 4 heteroatoms. The Morgan fingerprint density at radius 3 is 2.54 bits per heavy atom. The Labute approximate surface area is 142 Å². The SMILES string of the molecule is C=COc1ccc(-c2c(-c3cccc(C)n3)nn(C)c2CC)cc1. The van der Waals surface area contributed by atoms with Gasteiger partial charge in [0.2, 0.25) is 0 Å². The Bertz CT molecular complexity index is 863. The van der Waals surface area contributed by atoms with Gasteiger partial charge >= 0.3 is 0 Å². The molecule has 0 aliphatic heterocycles. The molecule has 0 spiro atoms. The molecule has 122 valence electrons. The lowest BCUT2D eigenvalue weighted by Gasteiger charge is -2.07. The van der Waals surface area contributed by atoms with E-state index in [2.05, 4.69) is 18.5 Å². The van der Waals surface area contributed by atoms with Crippen LogP contribution in [0.5, 0.6) is 5.75 Å². The smallest absolute Gasteiger partial charge is 0.126 e. The zero-order valence-electron chi connectivity index (χ0n) is 14.3. The molecule has 24 heavy (non-hydrogen) atoms. The first kappa shape index (κ1) is 16.0. The van der Waals surface area contributed by atoms with Crippen LogP contribution in [0.15, 0.2) is 55.3 Å². The number of aryl methyl sites for hydroxylation is 2. The Morgan fingerprint density at radius 1 is 1.17 bits per heavy atom. The minimum absolute atomic E-state index is 0.769. The molecule has 3 rings (SSSR count). The van der Waals surface area contributed by atoms with Crippen molar-refractivity contribution in [3.8, 4) is 28.3 Å². The fraction of sp³-hybridized carbons (Fsp3) is 0.200. The third-order valence-electron chi connectivity index (χ3n) is 3.99. The van der Waals surface area contributed by atoms with Crippen molar-refractivity contribution in [2.75, 3.05) is 0 Å². The largest absolute Gasteiger partial charge is 0.466 e. The fourth-order valence-corrected chi connectivity index (χ4v) is 2.92. The lowest BCUT2D eigenvalue weighted by molar-refractivity contribution is 0.483. The van der Waals surface area contributed by atoms with Crippen molar-refractivity contribution in [2.45, 2.75) is 20.3 Å². The Kier molecular flexibility index (Phi) is 4.47. The van der Waals surface area contributed by atoms with E-state index in [1.165, 1.54) is 12.0 Å². The summed E-state index contributed by atoms with van der Waals surface area (Å²) < 4.78 is 7.27. The highest BCUT2D eigenvalue weighted by Gasteiger charge is 2.19. The van der Waals surface area contributed by atoms with E-state index in [4.69, 9.17) is 9.84 Å². The predicted octanol–water partition coefficient (Wildman–Crippen LogP) is 4.54. The second-order valence-corrected chi connectivity index (χ2v) is 5.62. The van der Waals surface area contributed by atoms with Crippen LogP contribution in [0, 0.1) is 6.92 Å². The number of pyridine rings is 1. The molecule has 3 aromatic rings. The lowest BCUT2D eigenvalue weighted by atomic mass is 10.00. The summed E-state index contributed by atoms with van der Waals surface area (Å²) in [6.45, 7) is 7.72. The molecule has 2 heterocycles. The maximum absolute atomic E-state index is 5.32. The monoisotopic (exact) mass is 319 g/mol. The van der Waals surface area contributed by atoms with E-state index in [0.717, 1.165) is 40.4 Å². The van der Waals surface area contributed by atoms with Gasteiger partial charge in [-0.2, -0.15) is 5.10 Å². The van der Waals surface area contributed by atoms with E-state index >= 15 is 0 Å². The summed E-state index contributed by atoms with van der Waals surface area (Å²) in [4.78, 5) is 4.65. The van der Waals surface area contributed by atoms with Crippen LogP contribution in [0.3, 0.4) is 0 Å². The van der Waals surface area contributed by atoms with Crippen molar-refractivity contribution in [3.63, 3.8) is 0 Å². The predicted molar refractivity (Wildman–Crippen MR) is 96.8 cm³/mol. The van der Waals surface area contributed by atoms with Crippen molar-refractivity contribution in [3.05, 3.63) is 66.7 Å². The summed E-state index contributed by atoms with van der Waals surface area (Å²) in [6.07, 6.45) is 2.33. The summed E-state index contributed by atoms with van der Waals surface area (Å²) in [5.41, 5.74) is 6.21. The zero-order valence-corrected chi connectivity index (χ0v) is 14.3. The van der Waals surface area contributed by atoms with Crippen molar-refractivity contribution >= 4 is 0 Å². The van der Waals surface area contributed by atoms with Crippen LogP contribution in [0.25, 0.3) is 22.5 Å². The third-order valence-corrected chi connectivity index (χ3v) is 3.99. The molecule has 4 nitrogen and oxygen atoms in total. The van der Waals surface area contributed by atoms with Gasteiger partial charge in [-0.15, -0.1) is 0 Å². The normalized spacial score (nSPS) is 10.6. The number of nitrogens with zero attached hydrogens (tertiary/aromatic N) is 3. The molecule has 1 aromatic carbocycles. The third kappa shape index (κ3) is 2.95. The number of aromatic nitrogens is 3. The highest BCUT2D eigenvalue weighted by atomic mass is 16.5. The highest BCUT2D eigenvalue weighted by Crippen LogP contribution is 2.34. The van der Waals surface area contributed by atoms with Crippen LogP contribution in [-0.4, -0.2) is 14.8 Å². The van der Waals surface area contributed by atoms with Gasteiger partial charge in [0.05, 0.1) is 12.0 Å². The summed E-state index contributed by atoms with van der Waals surface area (Å²) >= 11 is 0. The van der Waals surface area contributed by atoms with E-state index in [-0.39, 0.29) is 0 Å². The van der Waals surface area contributed by atoms with Crippen molar-refractivity contribution in [1.29, 1.82) is 0 Å². The summed E-state index contributed by atoms with van der Waals surface area (Å²) in [7, 11) is 1.98. The molecule has 0 atom stereocenters. The number of benzene rings is 1. The minimum Gasteiger partial charge on any atom is -0.466 e. The maximum atomic E-state index is 5.32. The number of ether oxygens (including phenoxy) is 1. The van der Waals surface area contributed by atoms with Gasteiger partial charge in [0.1, 0.15) is 11.4 Å². The van der Waals surface area contributed by atoms with E-state index in [9.17, 15) is 0 Å². The molecule has 0 aliphatic carbocycles. The summed E-state index contributed by atoms with van der Waals surface area (Å²) in [5.74, 6) is 0.769. The second kappa shape index (κ2) is 6.71. The highest BCUT2D eigenvalue weighted by molar-refractivity contribution is 5.81. The van der Waals surface area contributed by atoms with E-state index in [1.807, 2.05) is 61.1 Å². The Balaban J connectivity index is 2.16. The molecule has 0 saturated carbocycles.